The van der Waals surface area contributed by atoms with Crippen LogP contribution in [0.3, 0.4) is 0 Å². The molecule has 0 unspecified atom stereocenters. The van der Waals surface area contributed by atoms with Crippen molar-refractivity contribution in [2.24, 2.45) is 0 Å². The average molecular weight is 422 g/mol. The standard InChI is InChI=1S/C22H23FN6O2/c23-17-6-4-16(5-7-17)18-13-21(30)29(15-27-18)11-8-24-22(31)19-12-20(26-14-25-19)28-9-2-1-3-10-28/h4-7,12-15H,1-3,8-11H2,(H,24,31). The van der Waals surface area contributed by atoms with Gasteiger partial charge in [0.1, 0.15) is 23.7 Å². The van der Waals surface area contributed by atoms with Crippen molar-refractivity contribution in [3.8, 4) is 11.3 Å². The topological polar surface area (TPSA) is 93.0 Å². The second-order valence-electron chi connectivity index (χ2n) is 7.38. The zero-order chi connectivity index (χ0) is 21.6. The van der Waals surface area contributed by atoms with Crippen molar-refractivity contribution in [1.29, 1.82) is 0 Å². The van der Waals surface area contributed by atoms with E-state index >= 15 is 0 Å². The molecule has 1 amide bonds. The normalized spacial score (nSPS) is 13.8. The molecule has 0 radical (unpaired) electrons. The van der Waals surface area contributed by atoms with Crippen molar-refractivity contribution < 1.29 is 9.18 Å². The molecule has 3 heterocycles. The highest BCUT2D eigenvalue weighted by Gasteiger charge is 2.15. The quantitative estimate of drug-likeness (QED) is 0.655. The summed E-state index contributed by atoms with van der Waals surface area (Å²) < 4.78 is 14.5. The Morgan fingerprint density at radius 1 is 1.03 bits per heavy atom. The summed E-state index contributed by atoms with van der Waals surface area (Å²) in [7, 11) is 0. The van der Waals surface area contributed by atoms with Crippen LogP contribution in [0.25, 0.3) is 11.3 Å². The van der Waals surface area contributed by atoms with Gasteiger partial charge in [0.15, 0.2) is 0 Å². The van der Waals surface area contributed by atoms with E-state index in [1.165, 1.54) is 41.8 Å². The van der Waals surface area contributed by atoms with E-state index in [1.54, 1.807) is 18.2 Å². The number of carbonyl (C=O) groups is 1. The molecule has 8 nitrogen and oxygen atoms in total. The SMILES string of the molecule is O=C(NCCn1cnc(-c2ccc(F)cc2)cc1=O)c1cc(N2CCCCC2)ncn1. The average Bonchev–Trinajstić information content (AvgIpc) is 2.81. The zero-order valence-electron chi connectivity index (χ0n) is 17.0. The number of anilines is 1. The number of nitrogens with one attached hydrogen (secondary N) is 1. The number of aromatic nitrogens is 4. The van der Waals surface area contributed by atoms with Gasteiger partial charge in [-0.2, -0.15) is 0 Å². The Kier molecular flexibility index (Phi) is 6.30. The molecule has 1 aliphatic rings. The van der Waals surface area contributed by atoms with Crippen LogP contribution in [0.15, 0.2) is 53.8 Å². The Balaban J connectivity index is 1.35. The van der Waals surface area contributed by atoms with E-state index in [1.807, 2.05) is 0 Å². The van der Waals surface area contributed by atoms with Crippen molar-refractivity contribution in [3.05, 3.63) is 70.9 Å². The minimum atomic E-state index is -0.348. The monoisotopic (exact) mass is 422 g/mol. The van der Waals surface area contributed by atoms with Gasteiger partial charge in [-0.3, -0.25) is 14.2 Å². The smallest absolute Gasteiger partial charge is 0.270 e. The predicted molar refractivity (Wildman–Crippen MR) is 114 cm³/mol. The number of hydrogen-bond acceptors (Lipinski definition) is 6. The molecule has 0 spiro atoms. The highest BCUT2D eigenvalue weighted by atomic mass is 19.1. The molecule has 1 N–H and O–H groups in total. The Morgan fingerprint density at radius 3 is 2.55 bits per heavy atom. The maximum absolute atomic E-state index is 13.1. The summed E-state index contributed by atoms with van der Waals surface area (Å²) in [4.78, 5) is 39.6. The van der Waals surface area contributed by atoms with E-state index < -0.39 is 0 Å². The second-order valence-corrected chi connectivity index (χ2v) is 7.38. The van der Waals surface area contributed by atoms with Crippen molar-refractivity contribution >= 4 is 11.7 Å². The van der Waals surface area contributed by atoms with Crippen LogP contribution >= 0.6 is 0 Å². The number of rotatable bonds is 6. The molecule has 0 atom stereocenters. The molecule has 3 aromatic rings. The summed E-state index contributed by atoms with van der Waals surface area (Å²) in [6.45, 7) is 2.38. The second kappa shape index (κ2) is 9.46. The fraction of sp³-hybridized carbons (Fsp3) is 0.318. The lowest BCUT2D eigenvalue weighted by Gasteiger charge is -2.27. The molecule has 2 aromatic heterocycles. The minimum Gasteiger partial charge on any atom is -0.357 e. The molecular weight excluding hydrogens is 399 g/mol. The van der Waals surface area contributed by atoms with E-state index in [2.05, 4.69) is 25.2 Å². The van der Waals surface area contributed by atoms with Crippen molar-refractivity contribution in [1.82, 2.24) is 24.8 Å². The number of hydrogen-bond donors (Lipinski definition) is 1. The Hall–Kier alpha value is -3.62. The van der Waals surface area contributed by atoms with Crippen molar-refractivity contribution in [3.63, 3.8) is 0 Å². The molecule has 4 rings (SSSR count). The van der Waals surface area contributed by atoms with E-state index in [4.69, 9.17) is 0 Å². The van der Waals surface area contributed by atoms with Gasteiger partial charge in [0.2, 0.25) is 0 Å². The third kappa shape index (κ3) is 5.11. The lowest BCUT2D eigenvalue weighted by Crippen LogP contribution is -2.32. The molecule has 0 saturated carbocycles. The first-order valence-corrected chi connectivity index (χ1v) is 10.3. The summed E-state index contributed by atoms with van der Waals surface area (Å²) in [5.74, 6) is 0.0980. The first-order chi connectivity index (χ1) is 15.1. The molecule has 1 saturated heterocycles. The van der Waals surface area contributed by atoms with Gasteiger partial charge in [-0.15, -0.1) is 0 Å². The van der Waals surface area contributed by atoms with Crippen LogP contribution < -0.4 is 15.8 Å². The first-order valence-electron chi connectivity index (χ1n) is 10.3. The highest BCUT2D eigenvalue weighted by molar-refractivity contribution is 5.92. The van der Waals surface area contributed by atoms with Crippen molar-refractivity contribution in [2.75, 3.05) is 24.5 Å². The molecule has 0 aliphatic carbocycles. The van der Waals surface area contributed by atoms with Crippen molar-refractivity contribution in [2.45, 2.75) is 25.8 Å². The molecule has 9 heteroatoms. The number of carbonyl (C=O) groups excluding carboxylic acids is 1. The number of amides is 1. The molecule has 160 valence electrons. The van der Waals surface area contributed by atoms with Gasteiger partial charge in [-0.1, -0.05) is 0 Å². The first kappa shape index (κ1) is 20.6. The molecular formula is C22H23FN6O2. The molecule has 1 aromatic carbocycles. The fourth-order valence-corrected chi connectivity index (χ4v) is 3.52. The fourth-order valence-electron chi connectivity index (χ4n) is 3.52. The molecule has 1 aliphatic heterocycles. The van der Waals surface area contributed by atoms with E-state index in [-0.39, 0.29) is 30.4 Å². The molecule has 0 bridgehead atoms. The highest BCUT2D eigenvalue weighted by Crippen LogP contribution is 2.17. The summed E-state index contributed by atoms with van der Waals surface area (Å²) >= 11 is 0. The number of nitrogens with zero attached hydrogens (tertiary/aromatic N) is 5. The summed E-state index contributed by atoms with van der Waals surface area (Å²) in [5, 5.41) is 2.78. The number of piperidine rings is 1. The van der Waals surface area contributed by atoms with Crippen LogP contribution in [0.4, 0.5) is 10.2 Å². The Labute approximate surface area is 178 Å². The van der Waals surface area contributed by atoms with Crippen LogP contribution in [0.1, 0.15) is 29.8 Å². The van der Waals surface area contributed by atoms with Crippen LogP contribution in [-0.2, 0) is 6.54 Å². The summed E-state index contributed by atoms with van der Waals surface area (Å²) in [6.07, 6.45) is 6.28. The van der Waals surface area contributed by atoms with Gasteiger partial charge >= 0.3 is 0 Å². The number of halogens is 1. The largest absolute Gasteiger partial charge is 0.357 e. The van der Waals surface area contributed by atoms with Gasteiger partial charge in [0.25, 0.3) is 11.5 Å². The minimum absolute atomic E-state index is 0.249. The third-order valence-electron chi connectivity index (χ3n) is 5.22. The van der Waals surface area contributed by atoms with Gasteiger partial charge in [0.05, 0.1) is 12.0 Å². The van der Waals surface area contributed by atoms with E-state index in [9.17, 15) is 14.0 Å². The Bertz CT molecular complexity index is 1110. The van der Waals surface area contributed by atoms with Crippen LogP contribution in [0, 0.1) is 5.82 Å². The zero-order valence-corrected chi connectivity index (χ0v) is 17.0. The maximum atomic E-state index is 13.1. The van der Waals surface area contributed by atoms with Gasteiger partial charge < -0.3 is 10.2 Å². The van der Waals surface area contributed by atoms with E-state index in [0.29, 0.717) is 17.0 Å². The summed E-state index contributed by atoms with van der Waals surface area (Å²) in [5.41, 5.74) is 1.18. The lowest BCUT2D eigenvalue weighted by molar-refractivity contribution is 0.0947. The van der Waals surface area contributed by atoms with Crippen LogP contribution in [0.5, 0.6) is 0 Å². The predicted octanol–water partition coefficient (Wildman–Crippen LogP) is 2.26. The molecule has 1 fully saturated rings. The van der Waals surface area contributed by atoms with Gasteiger partial charge in [-0.25, -0.2) is 19.3 Å². The van der Waals surface area contributed by atoms with Crippen LogP contribution in [-0.4, -0.2) is 45.1 Å². The van der Waals surface area contributed by atoms with Gasteiger partial charge in [0, 0.05) is 43.9 Å². The number of benzene rings is 1. The lowest BCUT2D eigenvalue weighted by atomic mass is 10.1. The van der Waals surface area contributed by atoms with Crippen LogP contribution in [0.2, 0.25) is 0 Å². The Morgan fingerprint density at radius 2 is 1.81 bits per heavy atom. The van der Waals surface area contributed by atoms with Gasteiger partial charge in [-0.05, 0) is 43.5 Å². The van der Waals surface area contributed by atoms with E-state index in [0.717, 1.165) is 31.7 Å². The molecule has 31 heavy (non-hydrogen) atoms. The maximum Gasteiger partial charge on any atom is 0.270 e. The third-order valence-corrected chi connectivity index (χ3v) is 5.22. The summed E-state index contributed by atoms with van der Waals surface area (Å²) in [6, 6.07) is 8.88.